The lowest BCUT2D eigenvalue weighted by Gasteiger charge is -2.26. The van der Waals surface area contributed by atoms with Crippen LogP contribution in [0.5, 0.6) is 5.88 Å². The van der Waals surface area contributed by atoms with Crippen molar-refractivity contribution >= 4 is 56.8 Å². The number of Topliss-reactive ketones (excluding diaryl/α,β-unsaturated/α-hetero) is 1. The molecule has 1 aliphatic heterocycles. The van der Waals surface area contributed by atoms with E-state index in [9.17, 15) is 33.6 Å². The van der Waals surface area contributed by atoms with Crippen molar-refractivity contribution in [1.29, 1.82) is 0 Å². The summed E-state index contributed by atoms with van der Waals surface area (Å²) in [5.74, 6) is -0.862. The maximum Gasteiger partial charge on any atom is 0.328 e. The number of carbonyl (C=O) groups is 2. The fourth-order valence-corrected chi connectivity index (χ4v) is 4.80. The Kier molecular flexibility index (Phi) is 6.45. The summed E-state index contributed by atoms with van der Waals surface area (Å²) < 4.78 is 25.4. The molecule has 0 bridgehead atoms. The largest absolute Gasteiger partial charge is 0.755 e. The first-order chi connectivity index (χ1) is 18.3. The van der Waals surface area contributed by atoms with E-state index in [1.54, 1.807) is 48.5 Å². The molecule has 0 saturated heterocycles. The predicted octanol–water partition coefficient (Wildman–Crippen LogP) is 3.43. The molecular formula is C25H18N5O7S-. The number of aromatic nitrogens is 1. The molecule has 1 amide bonds. The molecule has 0 fully saturated rings. The van der Waals surface area contributed by atoms with E-state index in [0.29, 0.717) is 22.2 Å². The number of hydrogen-bond acceptors (Lipinski definition) is 8. The molecule has 4 aromatic rings. The summed E-state index contributed by atoms with van der Waals surface area (Å²) >= 11 is -2.73. The third-order valence-corrected chi connectivity index (χ3v) is 6.76. The number of aromatic hydroxyl groups is 1. The van der Waals surface area contributed by atoms with Crippen LogP contribution in [-0.4, -0.2) is 54.0 Å². The van der Waals surface area contributed by atoms with Crippen LogP contribution in [0.2, 0.25) is 0 Å². The van der Waals surface area contributed by atoms with E-state index in [1.807, 2.05) is 0 Å². The molecule has 13 heteroatoms. The number of aliphatic imine (C=N–C) groups is 1. The molecular weight excluding hydrogens is 514 g/mol. The lowest BCUT2D eigenvalue weighted by molar-refractivity contribution is -0.384. The van der Waals surface area contributed by atoms with Crippen molar-refractivity contribution in [3.63, 3.8) is 0 Å². The third kappa shape index (κ3) is 4.29. The van der Waals surface area contributed by atoms with Crippen LogP contribution < -0.4 is 9.62 Å². The molecule has 0 radical (unpaired) electrons. The Morgan fingerprint density at radius 2 is 1.76 bits per heavy atom. The number of amides is 1. The second-order valence-corrected chi connectivity index (χ2v) is 9.06. The van der Waals surface area contributed by atoms with Crippen molar-refractivity contribution in [1.82, 2.24) is 9.88 Å². The summed E-state index contributed by atoms with van der Waals surface area (Å²) in [7, 11) is 0. The molecule has 12 nitrogen and oxygen atoms in total. The maximum atomic E-state index is 13.1. The Morgan fingerprint density at radius 3 is 2.45 bits per heavy atom. The van der Waals surface area contributed by atoms with Gasteiger partial charge in [0, 0.05) is 53.1 Å². The number of fused-ring (bicyclic) bond motifs is 2. The molecule has 192 valence electrons. The lowest BCUT2D eigenvalue weighted by atomic mass is 10.0. The van der Waals surface area contributed by atoms with Crippen LogP contribution in [0.1, 0.15) is 15.9 Å². The van der Waals surface area contributed by atoms with E-state index >= 15 is 0 Å². The predicted molar refractivity (Wildman–Crippen MR) is 139 cm³/mol. The van der Waals surface area contributed by atoms with Gasteiger partial charge in [0.05, 0.1) is 21.7 Å². The van der Waals surface area contributed by atoms with Gasteiger partial charge in [0.25, 0.3) is 5.69 Å². The first-order valence-electron chi connectivity index (χ1n) is 11.2. The average Bonchev–Trinajstić information content (AvgIpc) is 3.39. The van der Waals surface area contributed by atoms with Gasteiger partial charge in [-0.15, -0.1) is 0 Å². The molecule has 2 N–H and O–H groups in total. The van der Waals surface area contributed by atoms with Crippen LogP contribution in [0.4, 0.5) is 21.9 Å². The highest BCUT2D eigenvalue weighted by molar-refractivity contribution is 7.80. The van der Waals surface area contributed by atoms with E-state index in [1.165, 1.54) is 24.3 Å². The van der Waals surface area contributed by atoms with Crippen molar-refractivity contribution < 1.29 is 28.4 Å². The van der Waals surface area contributed by atoms with Crippen LogP contribution in [-0.2, 0) is 11.3 Å². The fourth-order valence-electron chi connectivity index (χ4n) is 4.27. The fraction of sp³-hybridized carbons (Fsp3) is 0.0800. The number of non-ortho nitro benzene ring substituents is 1. The third-order valence-electron chi connectivity index (χ3n) is 6.01. The van der Waals surface area contributed by atoms with Gasteiger partial charge in [-0.25, -0.2) is 14.4 Å². The number of nitrogens with zero attached hydrogens (tertiary/aromatic N) is 4. The Hall–Kier alpha value is -4.88. The zero-order valence-corrected chi connectivity index (χ0v) is 20.3. The number of nitro groups is 1. The van der Waals surface area contributed by atoms with Crippen molar-refractivity contribution in [3.05, 3.63) is 94.0 Å². The van der Waals surface area contributed by atoms with Gasteiger partial charge in [-0.05, 0) is 30.3 Å². The first kappa shape index (κ1) is 24.8. The summed E-state index contributed by atoms with van der Waals surface area (Å²) in [5, 5.41) is 24.9. The maximum absolute atomic E-state index is 13.1. The highest BCUT2D eigenvalue weighted by Crippen LogP contribution is 2.37. The molecule has 2 heterocycles. The standard InChI is InChI=1S/C25H19N5O7S/c31-23-17-5-1-3-7-19(17)27-22(23)21-18-6-2-4-8-20(18)29(24(21)32)25(33)26-13-14-28(38(36)37)15-9-11-16(12-10-15)30(34)35/h1-12,32H,13-14H2,(H,26,33)(H,36,37)/p-1. The van der Waals surface area contributed by atoms with Crippen LogP contribution >= 0.6 is 0 Å². The van der Waals surface area contributed by atoms with E-state index in [2.05, 4.69) is 10.3 Å². The van der Waals surface area contributed by atoms with E-state index in [4.69, 9.17) is 0 Å². The summed E-state index contributed by atoms with van der Waals surface area (Å²) in [6.45, 7) is -0.344. The minimum Gasteiger partial charge on any atom is -0.755 e. The van der Waals surface area contributed by atoms with Crippen molar-refractivity contribution in [2.45, 2.75) is 0 Å². The van der Waals surface area contributed by atoms with Crippen molar-refractivity contribution in [3.8, 4) is 5.88 Å². The van der Waals surface area contributed by atoms with Crippen LogP contribution in [0.3, 0.4) is 0 Å². The average molecular weight is 533 g/mol. The zero-order valence-electron chi connectivity index (χ0n) is 19.4. The summed E-state index contributed by atoms with van der Waals surface area (Å²) in [5.41, 5.74) is 1.28. The molecule has 1 atom stereocenters. The molecule has 1 aliphatic rings. The minimum absolute atomic E-state index is 0.0116. The Labute approximate surface area is 217 Å². The first-order valence-corrected chi connectivity index (χ1v) is 12.3. The topological polar surface area (TPSA) is 170 Å². The number of nitrogens with one attached hydrogen (secondary N) is 1. The van der Waals surface area contributed by atoms with Gasteiger partial charge < -0.3 is 19.3 Å². The van der Waals surface area contributed by atoms with E-state index in [0.717, 1.165) is 8.87 Å². The van der Waals surface area contributed by atoms with Crippen LogP contribution in [0.15, 0.2) is 77.8 Å². The van der Waals surface area contributed by atoms with Crippen molar-refractivity contribution in [2.75, 3.05) is 17.4 Å². The number of para-hydroxylation sites is 2. The molecule has 0 saturated carbocycles. The highest BCUT2D eigenvalue weighted by Gasteiger charge is 2.32. The van der Waals surface area contributed by atoms with Gasteiger partial charge in [-0.1, -0.05) is 30.3 Å². The molecule has 3 aromatic carbocycles. The number of ketones is 1. The van der Waals surface area contributed by atoms with Crippen LogP contribution in [0, 0.1) is 10.1 Å². The van der Waals surface area contributed by atoms with Gasteiger partial charge in [-0.2, -0.15) is 0 Å². The van der Waals surface area contributed by atoms with E-state index in [-0.39, 0.29) is 41.5 Å². The SMILES string of the molecule is O=C1C(c2c(O)n(C(=O)NCCN(c3ccc([N+](=O)[O-])cc3)S(=O)[O-])c3ccccc23)=Nc2ccccc21. The zero-order chi connectivity index (χ0) is 27.0. The summed E-state index contributed by atoms with van der Waals surface area (Å²) in [6.07, 6.45) is 0. The number of nitro benzene ring substituents is 1. The quantitative estimate of drug-likeness (QED) is 0.209. The number of benzene rings is 3. The smallest absolute Gasteiger partial charge is 0.328 e. The van der Waals surface area contributed by atoms with Crippen molar-refractivity contribution in [2.24, 2.45) is 4.99 Å². The number of rotatable bonds is 7. The Bertz CT molecular complexity index is 1660. The molecule has 0 spiro atoms. The molecule has 1 unspecified atom stereocenters. The minimum atomic E-state index is -2.73. The van der Waals surface area contributed by atoms with Gasteiger partial charge in [0.15, 0.2) is 0 Å². The van der Waals surface area contributed by atoms with Crippen LogP contribution in [0.25, 0.3) is 10.9 Å². The second kappa shape index (κ2) is 9.88. The van der Waals surface area contributed by atoms with E-state index < -0.39 is 28.1 Å². The van der Waals surface area contributed by atoms with Gasteiger partial charge in [0.2, 0.25) is 11.7 Å². The Morgan fingerprint density at radius 1 is 1.08 bits per heavy atom. The molecule has 1 aromatic heterocycles. The number of carbonyl (C=O) groups excluding carboxylic acids is 2. The molecule has 5 rings (SSSR count). The normalized spacial score (nSPS) is 13.2. The summed E-state index contributed by atoms with van der Waals surface area (Å²) in [6, 6.07) is 17.5. The molecule has 0 aliphatic carbocycles. The number of anilines is 1. The monoisotopic (exact) mass is 532 g/mol. The Balaban J connectivity index is 1.40. The van der Waals surface area contributed by atoms with Gasteiger partial charge in [0.1, 0.15) is 5.71 Å². The second-order valence-electron chi connectivity index (χ2n) is 8.18. The summed E-state index contributed by atoms with van der Waals surface area (Å²) in [4.78, 5) is 40.8. The van der Waals surface area contributed by atoms with Gasteiger partial charge >= 0.3 is 6.03 Å². The van der Waals surface area contributed by atoms with Gasteiger partial charge in [-0.3, -0.25) is 19.1 Å². The lowest BCUT2D eigenvalue weighted by Crippen LogP contribution is -2.37. The highest BCUT2D eigenvalue weighted by atomic mass is 32.2. The number of hydrogen-bond donors (Lipinski definition) is 2. The molecule has 38 heavy (non-hydrogen) atoms.